The van der Waals surface area contributed by atoms with Crippen LogP contribution in [-0.2, 0) is 13.6 Å². The molecule has 4 aromatic heterocycles. The SMILES string of the molecule is CC(C)c1cc(-c2nc(-c3ccnc(-n4cncn4)c3)nn2CC2CCCC2(F)F)nn1C. The summed E-state index contributed by atoms with van der Waals surface area (Å²) in [7, 11) is 1.87. The number of pyridine rings is 1. The number of aromatic nitrogens is 9. The molecule has 0 N–H and O–H groups in total. The predicted molar refractivity (Wildman–Crippen MR) is 117 cm³/mol. The van der Waals surface area contributed by atoms with Gasteiger partial charge in [-0.05, 0) is 37.0 Å². The van der Waals surface area contributed by atoms with Gasteiger partial charge in [0.2, 0.25) is 0 Å². The Labute approximate surface area is 189 Å². The molecule has 1 unspecified atom stereocenters. The monoisotopic (exact) mass is 453 g/mol. The van der Waals surface area contributed by atoms with E-state index in [0.717, 1.165) is 5.69 Å². The summed E-state index contributed by atoms with van der Waals surface area (Å²) in [5.41, 5.74) is 2.35. The molecule has 11 heteroatoms. The second kappa shape index (κ2) is 8.13. The molecule has 4 aromatic rings. The summed E-state index contributed by atoms with van der Waals surface area (Å²) < 4.78 is 33.8. The molecule has 1 fully saturated rings. The van der Waals surface area contributed by atoms with E-state index in [1.807, 2.05) is 13.1 Å². The summed E-state index contributed by atoms with van der Waals surface area (Å²) in [6, 6.07) is 5.53. The number of hydrogen-bond acceptors (Lipinski definition) is 6. The molecular formula is C22H25F2N9. The summed E-state index contributed by atoms with van der Waals surface area (Å²) in [5, 5.41) is 13.4. The van der Waals surface area contributed by atoms with Crippen molar-refractivity contribution in [2.24, 2.45) is 13.0 Å². The number of aryl methyl sites for hydroxylation is 1. The van der Waals surface area contributed by atoms with Crippen LogP contribution in [0.1, 0.15) is 44.7 Å². The fourth-order valence-corrected chi connectivity index (χ4v) is 4.35. The molecule has 0 amide bonds. The molecule has 1 aliphatic carbocycles. The predicted octanol–water partition coefficient (Wildman–Crippen LogP) is 3.88. The quantitative estimate of drug-likeness (QED) is 0.440. The Morgan fingerprint density at radius 2 is 2.06 bits per heavy atom. The Morgan fingerprint density at radius 3 is 2.73 bits per heavy atom. The van der Waals surface area contributed by atoms with Gasteiger partial charge in [0, 0.05) is 36.8 Å². The van der Waals surface area contributed by atoms with E-state index >= 15 is 0 Å². The summed E-state index contributed by atoms with van der Waals surface area (Å²) in [6.45, 7) is 4.25. The van der Waals surface area contributed by atoms with Gasteiger partial charge in [-0.3, -0.25) is 4.68 Å². The van der Waals surface area contributed by atoms with Gasteiger partial charge in [0.1, 0.15) is 18.3 Å². The van der Waals surface area contributed by atoms with E-state index in [9.17, 15) is 8.78 Å². The lowest BCUT2D eigenvalue weighted by Gasteiger charge is -2.19. The first kappa shape index (κ1) is 21.4. The topological polar surface area (TPSA) is 92.1 Å². The molecule has 0 saturated heterocycles. The van der Waals surface area contributed by atoms with Crippen molar-refractivity contribution in [3.05, 3.63) is 42.7 Å². The highest BCUT2D eigenvalue weighted by atomic mass is 19.3. The van der Waals surface area contributed by atoms with E-state index in [1.54, 1.807) is 34.0 Å². The average Bonchev–Trinajstić information content (AvgIpc) is 3.56. The van der Waals surface area contributed by atoms with Crippen LogP contribution in [0.2, 0.25) is 0 Å². The van der Waals surface area contributed by atoms with Gasteiger partial charge >= 0.3 is 0 Å². The van der Waals surface area contributed by atoms with Crippen LogP contribution in [-0.4, -0.2) is 50.2 Å². The minimum Gasteiger partial charge on any atom is -0.272 e. The summed E-state index contributed by atoms with van der Waals surface area (Å²) >= 11 is 0. The fraction of sp³-hybridized carbons (Fsp3) is 0.455. The summed E-state index contributed by atoms with van der Waals surface area (Å²) in [4.78, 5) is 13.0. The molecule has 9 nitrogen and oxygen atoms in total. The van der Waals surface area contributed by atoms with Gasteiger partial charge in [-0.2, -0.15) is 15.3 Å². The second-order valence-electron chi connectivity index (χ2n) is 8.77. The second-order valence-corrected chi connectivity index (χ2v) is 8.77. The normalized spacial score (nSPS) is 17.8. The zero-order chi connectivity index (χ0) is 23.2. The van der Waals surface area contributed by atoms with Crippen LogP contribution in [0.15, 0.2) is 37.1 Å². The lowest BCUT2D eigenvalue weighted by Crippen LogP contribution is -2.26. The van der Waals surface area contributed by atoms with Gasteiger partial charge in [0.15, 0.2) is 17.5 Å². The highest BCUT2D eigenvalue weighted by molar-refractivity contribution is 5.61. The van der Waals surface area contributed by atoms with Gasteiger partial charge < -0.3 is 0 Å². The first-order valence-corrected chi connectivity index (χ1v) is 11.0. The van der Waals surface area contributed by atoms with E-state index in [2.05, 4.69) is 39.1 Å². The van der Waals surface area contributed by atoms with Crippen LogP contribution >= 0.6 is 0 Å². The lowest BCUT2D eigenvalue weighted by atomic mass is 10.1. The fourth-order valence-electron chi connectivity index (χ4n) is 4.35. The van der Waals surface area contributed by atoms with Gasteiger partial charge in [-0.15, -0.1) is 0 Å². The highest BCUT2D eigenvalue weighted by Crippen LogP contribution is 2.41. The summed E-state index contributed by atoms with van der Waals surface area (Å²) in [5.74, 6) is -1.75. The van der Waals surface area contributed by atoms with E-state index in [4.69, 9.17) is 4.98 Å². The molecule has 0 aromatic carbocycles. The van der Waals surface area contributed by atoms with Crippen LogP contribution in [0.5, 0.6) is 0 Å². The lowest BCUT2D eigenvalue weighted by molar-refractivity contribution is -0.0431. The van der Waals surface area contributed by atoms with Gasteiger partial charge in [-0.25, -0.2) is 33.1 Å². The summed E-state index contributed by atoms with van der Waals surface area (Å²) in [6.07, 6.45) is 5.51. The number of alkyl halides is 2. The van der Waals surface area contributed by atoms with Crippen molar-refractivity contribution in [3.8, 4) is 28.7 Å². The third-order valence-electron chi connectivity index (χ3n) is 6.12. The van der Waals surface area contributed by atoms with Crippen LogP contribution in [0.25, 0.3) is 28.7 Å². The zero-order valence-corrected chi connectivity index (χ0v) is 18.7. The third-order valence-corrected chi connectivity index (χ3v) is 6.12. The van der Waals surface area contributed by atoms with Crippen LogP contribution < -0.4 is 0 Å². The smallest absolute Gasteiger partial charge is 0.252 e. The first-order valence-electron chi connectivity index (χ1n) is 11.0. The molecule has 33 heavy (non-hydrogen) atoms. The molecule has 1 atom stereocenters. The Bertz CT molecular complexity index is 1260. The Morgan fingerprint density at radius 1 is 1.21 bits per heavy atom. The molecule has 5 rings (SSSR count). The highest BCUT2D eigenvalue weighted by Gasteiger charge is 2.44. The molecule has 4 heterocycles. The Kier molecular flexibility index (Phi) is 5.26. The minimum atomic E-state index is -2.70. The van der Waals surface area contributed by atoms with Crippen LogP contribution in [0.3, 0.4) is 0 Å². The van der Waals surface area contributed by atoms with Crippen molar-refractivity contribution in [1.29, 1.82) is 0 Å². The van der Waals surface area contributed by atoms with Crippen LogP contribution in [0, 0.1) is 5.92 Å². The Hall–Kier alpha value is -3.50. The van der Waals surface area contributed by atoms with Crippen molar-refractivity contribution in [2.45, 2.75) is 51.5 Å². The molecule has 0 spiro atoms. The van der Waals surface area contributed by atoms with Gasteiger partial charge in [-0.1, -0.05) is 13.8 Å². The van der Waals surface area contributed by atoms with Crippen LogP contribution in [0.4, 0.5) is 8.78 Å². The zero-order valence-electron chi connectivity index (χ0n) is 18.7. The van der Waals surface area contributed by atoms with E-state index in [0.29, 0.717) is 41.6 Å². The Balaban J connectivity index is 1.58. The number of hydrogen-bond donors (Lipinski definition) is 0. The first-order chi connectivity index (χ1) is 15.8. The third kappa shape index (κ3) is 4.03. The molecule has 0 radical (unpaired) electrons. The minimum absolute atomic E-state index is 0.0821. The van der Waals surface area contributed by atoms with Gasteiger partial charge in [0.05, 0.1) is 6.54 Å². The molecule has 0 bridgehead atoms. The maximum atomic E-state index is 14.4. The van der Waals surface area contributed by atoms with Gasteiger partial charge in [0.25, 0.3) is 5.92 Å². The van der Waals surface area contributed by atoms with Crippen molar-refractivity contribution in [1.82, 2.24) is 44.3 Å². The molecule has 1 aliphatic rings. The molecule has 0 aliphatic heterocycles. The maximum Gasteiger partial charge on any atom is 0.252 e. The average molecular weight is 454 g/mol. The van der Waals surface area contributed by atoms with Crippen molar-refractivity contribution < 1.29 is 8.78 Å². The van der Waals surface area contributed by atoms with E-state index in [1.165, 1.54) is 11.0 Å². The largest absolute Gasteiger partial charge is 0.272 e. The number of rotatable bonds is 6. The van der Waals surface area contributed by atoms with Crippen molar-refractivity contribution >= 4 is 0 Å². The van der Waals surface area contributed by atoms with Crippen molar-refractivity contribution in [3.63, 3.8) is 0 Å². The standard InChI is InChI=1S/C22H25F2N9/c1-14(2)18-10-17(29-31(18)3)21-28-20(30-32(21)11-16-5-4-7-22(16,23)24)15-6-8-26-19(9-15)33-13-25-12-27-33/h6,8-10,12-14,16H,4-5,7,11H2,1-3H3. The number of nitrogens with zero attached hydrogens (tertiary/aromatic N) is 9. The molecule has 1 saturated carbocycles. The van der Waals surface area contributed by atoms with E-state index < -0.39 is 11.8 Å². The molecule has 172 valence electrons. The maximum absolute atomic E-state index is 14.4. The van der Waals surface area contributed by atoms with Crippen molar-refractivity contribution in [2.75, 3.05) is 0 Å². The van der Waals surface area contributed by atoms with E-state index in [-0.39, 0.29) is 18.9 Å². The molecular weight excluding hydrogens is 428 g/mol. The number of halogens is 2.